The van der Waals surface area contributed by atoms with Crippen molar-refractivity contribution in [3.63, 3.8) is 0 Å². The molecule has 0 atom stereocenters. The normalized spacial score (nSPS) is 16.7. The predicted molar refractivity (Wildman–Crippen MR) is 147 cm³/mol. The van der Waals surface area contributed by atoms with Crippen molar-refractivity contribution >= 4 is 39.0 Å². The number of hydrazine groups is 1. The summed E-state index contributed by atoms with van der Waals surface area (Å²) in [7, 11) is 0. The minimum atomic E-state index is -0.332. The number of aromatic nitrogens is 3. The number of nitrogen functional groups attached to an aromatic ring is 1. The number of amides is 2. The summed E-state index contributed by atoms with van der Waals surface area (Å²) in [5.41, 5.74) is 13.5. The fourth-order valence-electron chi connectivity index (χ4n) is 4.61. The number of allylic oxidation sites excluding steroid dienone is 2. The van der Waals surface area contributed by atoms with Crippen LogP contribution >= 0.6 is 15.9 Å². The number of anilines is 2. The van der Waals surface area contributed by atoms with Gasteiger partial charge in [-0.1, -0.05) is 24.3 Å². The van der Waals surface area contributed by atoms with Crippen LogP contribution < -0.4 is 16.5 Å². The lowest BCUT2D eigenvalue weighted by Gasteiger charge is -2.34. The zero-order chi connectivity index (χ0) is 25.8. The van der Waals surface area contributed by atoms with Crippen LogP contribution in [0.25, 0.3) is 16.6 Å². The van der Waals surface area contributed by atoms with E-state index in [-0.39, 0.29) is 12.6 Å². The van der Waals surface area contributed by atoms with Gasteiger partial charge in [0.15, 0.2) is 5.82 Å². The van der Waals surface area contributed by atoms with Gasteiger partial charge >= 0.3 is 6.03 Å². The molecule has 5 N–H and O–H groups in total. The van der Waals surface area contributed by atoms with Crippen LogP contribution in [-0.4, -0.2) is 86.4 Å². The van der Waals surface area contributed by atoms with Crippen LogP contribution in [0.1, 0.15) is 5.69 Å². The molecule has 0 unspecified atom stereocenters. The standard InChI is InChI=1S/C25H30BrN9O2/c26-22-3-1-2-8-34(22)31-25(37)30-19-6-4-18(5-7-19)21-15-20(35-23(21)24(27)28-17-29-35)16-33-11-9-32(10-12-33)13-14-36/h1-7,15,17,36H,8-14,16H2,(H2,27,28,29)(H2,30,31,37). The number of hydrogen-bond donors (Lipinski definition) is 4. The topological polar surface area (TPSA) is 127 Å². The molecule has 0 radical (unpaired) electrons. The molecular formula is C25H30BrN9O2. The molecule has 3 aromatic rings. The maximum absolute atomic E-state index is 12.5. The zero-order valence-corrected chi connectivity index (χ0v) is 21.9. The fourth-order valence-corrected chi connectivity index (χ4v) is 5.00. The lowest BCUT2D eigenvalue weighted by Crippen LogP contribution is -2.46. The van der Waals surface area contributed by atoms with Gasteiger partial charge in [-0.25, -0.2) is 19.7 Å². The third-order valence-electron chi connectivity index (χ3n) is 6.53. The average Bonchev–Trinajstić information content (AvgIpc) is 3.27. The first kappa shape index (κ1) is 25.2. The van der Waals surface area contributed by atoms with Crippen LogP contribution in [0.4, 0.5) is 16.3 Å². The van der Waals surface area contributed by atoms with E-state index < -0.39 is 0 Å². The molecule has 11 nitrogen and oxygen atoms in total. The number of β-amino-alcohol motifs (C(OH)–C–C–N with tert-alkyl or cyclic N) is 1. The number of urea groups is 1. The Labute approximate surface area is 223 Å². The van der Waals surface area contributed by atoms with Crippen molar-refractivity contribution in [1.29, 1.82) is 0 Å². The highest BCUT2D eigenvalue weighted by Crippen LogP contribution is 2.31. The van der Waals surface area contributed by atoms with Crippen LogP contribution in [0.15, 0.2) is 59.5 Å². The second kappa shape index (κ2) is 11.3. The number of hydrogen-bond acceptors (Lipinski definition) is 8. The quantitative estimate of drug-likeness (QED) is 0.320. The van der Waals surface area contributed by atoms with Crippen molar-refractivity contribution in [3.8, 4) is 11.1 Å². The van der Waals surface area contributed by atoms with E-state index in [0.29, 0.717) is 24.6 Å². The Kier molecular flexibility index (Phi) is 7.70. The van der Waals surface area contributed by atoms with Crippen molar-refractivity contribution in [2.75, 3.05) is 56.9 Å². The summed E-state index contributed by atoms with van der Waals surface area (Å²) >= 11 is 3.43. The number of nitrogens with zero attached hydrogens (tertiary/aromatic N) is 6. The maximum atomic E-state index is 12.5. The molecule has 194 valence electrons. The van der Waals surface area contributed by atoms with Crippen LogP contribution in [0.5, 0.6) is 0 Å². The molecule has 2 amide bonds. The predicted octanol–water partition coefficient (Wildman–Crippen LogP) is 2.23. The van der Waals surface area contributed by atoms with E-state index in [1.165, 1.54) is 6.33 Å². The van der Waals surface area contributed by atoms with Crippen molar-refractivity contribution in [3.05, 3.63) is 65.2 Å². The second-order valence-corrected chi connectivity index (χ2v) is 9.78. The molecule has 12 heteroatoms. The third kappa shape index (κ3) is 5.77. The van der Waals surface area contributed by atoms with E-state index in [0.717, 1.165) is 59.7 Å². The van der Waals surface area contributed by atoms with Crippen molar-refractivity contribution in [2.24, 2.45) is 0 Å². The average molecular weight is 568 g/mol. The molecule has 0 aliphatic carbocycles. The van der Waals surface area contributed by atoms with Gasteiger partial charge in [0.1, 0.15) is 16.5 Å². The molecule has 1 saturated heterocycles. The molecule has 2 aliphatic heterocycles. The molecule has 37 heavy (non-hydrogen) atoms. The summed E-state index contributed by atoms with van der Waals surface area (Å²) in [4.78, 5) is 21.3. The van der Waals surface area contributed by atoms with Gasteiger partial charge in [0.05, 0.1) is 18.8 Å². The van der Waals surface area contributed by atoms with Crippen LogP contribution in [0.2, 0.25) is 0 Å². The minimum Gasteiger partial charge on any atom is -0.395 e. The van der Waals surface area contributed by atoms with E-state index in [1.807, 2.05) is 47.0 Å². The highest BCUT2D eigenvalue weighted by Gasteiger charge is 2.21. The van der Waals surface area contributed by atoms with Crippen molar-refractivity contribution in [1.82, 2.24) is 34.8 Å². The number of aliphatic hydroxyl groups is 1. The summed E-state index contributed by atoms with van der Waals surface area (Å²) in [5, 5.41) is 18.3. The number of nitrogens with two attached hydrogens (primary N) is 1. The number of carbonyl (C=O) groups excluding carboxylic acids is 1. The van der Waals surface area contributed by atoms with E-state index in [1.54, 1.807) is 5.01 Å². The Morgan fingerprint density at radius 1 is 1.14 bits per heavy atom. The third-order valence-corrected chi connectivity index (χ3v) is 7.22. The highest BCUT2D eigenvalue weighted by molar-refractivity contribution is 9.11. The first-order chi connectivity index (χ1) is 18.0. The Morgan fingerprint density at radius 3 is 2.62 bits per heavy atom. The van der Waals surface area contributed by atoms with E-state index in [4.69, 9.17) is 5.73 Å². The molecule has 5 rings (SSSR count). The smallest absolute Gasteiger partial charge is 0.338 e. The molecule has 1 aromatic carbocycles. The molecule has 0 bridgehead atoms. The maximum Gasteiger partial charge on any atom is 0.338 e. The van der Waals surface area contributed by atoms with Crippen LogP contribution in [0, 0.1) is 0 Å². The molecule has 1 fully saturated rings. The zero-order valence-electron chi connectivity index (χ0n) is 20.3. The summed E-state index contributed by atoms with van der Waals surface area (Å²) in [5.74, 6) is 0.416. The monoisotopic (exact) mass is 567 g/mol. The number of rotatable bonds is 7. The van der Waals surface area contributed by atoms with Gasteiger partial charge in [-0.2, -0.15) is 5.10 Å². The first-order valence-electron chi connectivity index (χ1n) is 12.2. The lowest BCUT2D eigenvalue weighted by atomic mass is 10.1. The first-order valence-corrected chi connectivity index (χ1v) is 13.0. The van der Waals surface area contributed by atoms with Gasteiger partial charge in [0, 0.05) is 50.5 Å². The van der Waals surface area contributed by atoms with E-state index in [9.17, 15) is 9.90 Å². The molecule has 0 spiro atoms. The Bertz CT molecular complexity index is 1310. The van der Waals surface area contributed by atoms with E-state index in [2.05, 4.69) is 52.6 Å². The minimum absolute atomic E-state index is 0.188. The van der Waals surface area contributed by atoms with Gasteiger partial charge in [-0.3, -0.25) is 14.8 Å². The second-order valence-electron chi connectivity index (χ2n) is 8.97. The van der Waals surface area contributed by atoms with Gasteiger partial charge in [0.25, 0.3) is 0 Å². The molecule has 0 saturated carbocycles. The van der Waals surface area contributed by atoms with Gasteiger partial charge in [-0.15, -0.1) is 0 Å². The summed E-state index contributed by atoms with van der Waals surface area (Å²) < 4.78 is 2.65. The summed E-state index contributed by atoms with van der Waals surface area (Å²) in [6.45, 7) is 5.92. The number of nitrogens with one attached hydrogen (secondary N) is 2. The molecule has 2 aromatic heterocycles. The highest BCUT2D eigenvalue weighted by atomic mass is 79.9. The number of aliphatic hydroxyl groups excluding tert-OH is 1. The Hall–Kier alpha value is -3.45. The van der Waals surface area contributed by atoms with Gasteiger partial charge in [0.2, 0.25) is 0 Å². The number of benzene rings is 1. The molecular weight excluding hydrogens is 538 g/mol. The molecule has 4 heterocycles. The van der Waals surface area contributed by atoms with Gasteiger partial charge in [-0.05, 0) is 45.8 Å². The number of piperazine rings is 1. The van der Waals surface area contributed by atoms with Crippen molar-refractivity contribution in [2.45, 2.75) is 6.54 Å². The number of carbonyl (C=O) groups is 1. The number of halogens is 1. The SMILES string of the molecule is Nc1ncnn2c(CN3CCN(CCO)CC3)cc(-c3ccc(NC(=O)NN4CC=CC=C4Br)cc3)c12. The summed E-state index contributed by atoms with van der Waals surface area (Å²) in [6, 6.07) is 9.41. The van der Waals surface area contributed by atoms with E-state index >= 15 is 0 Å². The fraction of sp³-hybridized carbons (Fsp3) is 0.320. The number of fused-ring (bicyclic) bond motifs is 1. The van der Waals surface area contributed by atoms with Crippen molar-refractivity contribution < 1.29 is 9.90 Å². The van der Waals surface area contributed by atoms with Crippen LogP contribution in [-0.2, 0) is 6.54 Å². The Morgan fingerprint density at radius 2 is 1.89 bits per heavy atom. The lowest BCUT2D eigenvalue weighted by molar-refractivity contribution is 0.107. The Balaban J connectivity index is 1.31. The largest absolute Gasteiger partial charge is 0.395 e. The molecule has 2 aliphatic rings. The van der Waals surface area contributed by atoms with Gasteiger partial charge < -0.3 is 16.2 Å². The summed E-state index contributed by atoms with van der Waals surface area (Å²) in [6.07, 6.45) is 7.21. The van der Waals surface area contributed by atoms with Crippen LogP contribution in [0.3, 0.4) is 0 Å².